The van der Waals surface area contributed by atoms with E-state index in [2.05, 4.69) is 15.9 Å². The summed E-state index contributed by atoms with van der Waals surface area (Å²) in [6.07, 6.45) is 5.60. The fourth-order valence-electron chi connectivity index (χ4n) is 3.30. The van der Waals surface area contributed by atoms with Crippen LogP contribution in [0.1, 0.15) is 31.2 Å². The summed E-state index contributed by atoms with van der Waals surface area (Å²) in [7, 11) is 0. The molecule has 1 aromatic rings. The van der Waals surface area contributed by atoms with Gasteiger partial charge < -0.3 is 4.90 Å². The number of amides is 1. The van der Waals surface area contributed by atoms with Crippen molar-refractivity contribution in [3.05, 3.63) is 34.9 Å². The van der Waals surface area contributed by atoms with Crippen LogP contribution in [0.25, 0.3) is 0 Å². The van der Waals surface area contributed by atoms with E-state index < -0.39 is 0 Å². The van der Waals surface area contributed by atoms with Crippen LogP contribution in [0, 0.1) is 5.92 Å². The van der Waals surface area contributed by atoms with E-state index in [1.54, 1.807) is 0 Å². The van der Waals surface area contributed by atoms with Gasteiger partial charge in [-0.3, -0.25) is 9.69 Å². The van der Waals surface area contributed by atoms with Gasteiger partial charge in [0.1, 0.15) is 0 Å². The monoisotopic (exact) mass is 320 g/mol. The van der Waals surface area contributed by atoms with Crippen molar-refractivity contribution in [1.29, 1.82) is 0 Å². The van der Waals surface area contributed by atoms with Gasteiger partial charge in [-0.05, 0) is 43.9 Å². The zero-order valence-electron chi connectivity index (χ0n) is 13.1. The molecule has 1 aromatic carbocycles. The SMILES string of the molecule is O=C(C1CCC1)N1CCN(CCCc2ccccc2Cl)CC1. The topological polar surface area (TPSA) is 23.6 Å². The molecule has 1 amide bonds. The highest BCUT2D eigenvalue weighted by atomic mass is 35.5. The fourth-order valence-corrected chi connectivity index (χ4v) is 3.53. The van der Waals surface area contributed by atoms with E-state index in [1.807, 2.05) is 18.2 Å². The van der Waals surface area contributed by atoms with Crippen molar-refractivity contribution in [1.82, 2.24) is 9.80 Å². The van der Waals surface area contributed by atoms with Crippen LogP contribution in [0.2, 0.25) is 5.02 Å². The summed E-state index contributed by atoms with van der Waals surface area (Å²) in [5, 5.41) is 0.874. The quantitative estimate of drug-likeness (QED) is 0.831. The normalized spacial score (nSPS) is 20.0. The largest absolute Gasteiger partial charge is 0.340 e. The molecule has 0 N–H and O–H groups in total. The van der Waals surface area contributed by atoms with Crippen molar-refractivity contribution < 1.29 is 4.79 Å². The molecule has 0 aromatic heterocycles. The van der Waals surface area contributed by atoms with Gasteiger partial charge in [0, 0.05) is 37.1 Å². The smallest absolute Gasteiger partial charge is 0.225 e. The highest BCUT2D eigenvalue weighted by Crippen LogP contribution is 2.28. The van der Waals surface area contributed by atoms with Crippen molar-refractivity contribution in [2.45, 2.75) is 32.1 Å². The van der Waals surface area contributed by atoms with Gasteiger partial charge >= 0.3 is 0 Å². The van der Waals surface area contributed by atoms with Gasteiger partial charge in [0.05, 0.1) is 0 Å². The van der Waals surface area contributed by atoms with E-state index in [1.165, 1.54) is 12.0 Å². The van der Waals surface area contributed by atoms with Crippen LogP contribution in [0.4, 0.5) is 0 Å². The predicted molar refractivity (Wildman–Crippen MR) is 90.1 cm³/mol. The summed E-state index contributed by atoms with van der Waals surface area (Å²) in [4.78, 5) is 16.8. The highest BCUT2D eigenvalue weighted by Gasteiger charge is 2.30. The van der Waals surface area contributed by atoms with Gasteiger partial charge in [-0.25, -0.2) is 0 Å². The van der Waals surface area contributed by atoms with Crippen molar-refractivity contribution in [2.24, 2.45) is 5.92 Å². The average molecular weight is 321 g/mol. The Bertz CT molecular complexity index is 508. The number of nitrogens with zero attached hydrogens (tertiary/aromatic N) is 2. The Labute approximate surface area is 138 Å². The lowest BCUT2D eigenvalue weighted by molar-refractivity contribution is -0.139. The van der Waals surface area contributed by atoms with Crippen LogP contribution in [-0.4, -0.2) is 48.4 Å². The Balaban J connectivity index is 1.37. The number of rotatable bonds is 5. The summed E-state index contributed by atoms with van der Waals surface area (Å²) in [5.41, 5.74) is 1.24. The molecular formula is C18H25ClN2O. The lowest BCUT2D eigenvalue weighted by Gasteiger charge is -2.38. The van der Waals surface area contributed by atoms with E-state index in [4.69, 9.17) is 11.6 Å². The molecule has 0 bridgehead atoms. The van der Waals surface area contributed by atoms with Crippen LogP contribution < -0.4 is 0 Å². The number of carbonyl (C=O) groups excluding carboxylic acids is 1. The molecule has 3 rings (SSSR count). The molecule has 0 unspecified atom stereocenters. The highest BCUT2D eigenvalue weighted by molar-refractivity contribution is 6.31. The second kappa shape index (κ2) is 7.47. The third-order valence-corrected chi connectivity index (χ3v) is 5.39. The van der Waals surface area contributed by atoms with E-state index in [0.29, 0.717) is 11.8 Å². The molecule has 2 fully saturated rings. The lowest BCUT2D eigenvalue weighted by atomic mass is 9.84. The Hall–Kier alpha value is -1.06. The maximum absolute atomic E-state index is 12.2. The van der Waals surface area contributed by atoms with E-state index in [-0.39, 0.29) is 0 Å². The van der Waals surface area contributed by atoms with Crippen molar-refractivity contribution >= 4 is 17.5 Å². The predicted octanol–water partition coefficient (Wildman–Crippen LogP) is 3.22. The molecule has 120 valence electrons. The minimum absolute atomic E-state index is 0.340. The molecule has 4 heteroatoms. The Kier molecular flexibility index (Phi) is 5.37. The summed E-state index contributed by atoms with van der Waals surface area (Å²) in [6.45, 7) is 4.93. The Morgan fingerprint density at radius 1 is 1.14 bits per heavy atom. The van der Waals surface area contributed by atoms with Gasteiger partial charge in [-0.1, -0.05) is 36.2 Å². The molecule has 1 aliphatic heterocycles. The minimum atomic E-state index is 0.340. The molecule has 1 aliphatic carbocycles. The van der Waals surface area contributed by atoms with Gasteiger partial charge in [0.2, 0.25) is 5.91 Å². The summed E-state index contributed by atoms with van der Waals surface area (Å²) in [5.74, 6) is 0.744. The number of hydrogen-bond donors (Lipinski definition) is 0. The van der Waals surface area contributed by atoms with Crippen molar-refractivity contribution in [3.8, 4) is 0 Å². The number of aryl methyl sites for hydroxylation is 1. The maximum Gasteiger partial charge on any atom is 0.225 e. The zero-order chi connectivity index (χ0) is 15.4. The second-order valence-corrected chi connectivity index (χ2v) is 6.90. The lowest BCUT2D eigenvalue weighted by Crippen LogP contribution is -2.51. The summed E-state index contributed by atoms with van der Waals surface area (Å²) in [6, 6.07) is 8.09. The first kappa shape index (κ1) is 15.8. The summed E-state index contributed by atoms with van der Waals surface area (Å²) >= 11 is 6.19. The first-order chi connectivity index (χ1) is 10.7. The number of carbonyl (C=O) groups is 1. The fraction of sp³-hybridized carbons (Fsp3) is 0.611. The summed E-state index contributed by atoms with van der Waals surface area (Å²) < 4.78 is 0. The van der Waals surface area contributed by atoms with Crippen LogP contribution in [0.15, 0.2) is 24.3 Å². The van der Waals surface area contributed by atoms with Crippen LogP contribution in [-0.2, 0) is 11.2 Å². The zero-order valence-corrected chi connectivity index (χ0v) is 13.9. The first-order valence-electron chi connectivity index (χ1n) is 8.48. The minimum Gasteiger partial charge on any atom is -0.340 e. The molecule has 0 spiro atoms. The molecule has 1 saturated heterocycles. The number of benzene rings is 1. The molecule has 1 heterocycles. The molecule has 0 atom stereocenters. The molecule has 0 radical (unpaired) electrons. The van der Waals surface area contributed by atoms with Crippen LogP contribution in [0.5, 0.6) is 0 Å². The average Bonchev–Trinajstić information content (AvgIpc) is 2.48. The van der Waals surface area contributed by atoms with Gasteiger partial charge in [-0.15, -0.1) is 0 Å². The van der Waals surface area contributed by atoms with Gasteiger partial charge in [-0.2, -0.15) is 0 Å². The Morgan fingerprint density at radius 3 is 2.50 bits per heavy atom. The first-order valence-corrected chi connectivity index (χ1v) is 8.86. The molecule has 2 aliphatic rings. The van der Waals surface area contributed by atoms with Crippen molar-refractivity contribution in [3.63, 3.8) is 0 Å². The van der Waals surface area contributed by atoms with Crippen molar-refractivity contribution in [2.75, 3.05) is 32.7 Å². The standard InChI is InChI=1S/C18H25ClN2O/c19-17-9-2-1-5-15(17)8-4-10-20-11-13-21(14-12-20)18(22)16-6-3-7-16/h1-2,5,9,16H,3-4,6-8,10-14H2. The molecular weight excluding hydrogens is 296 g/mol. The number of halogens is 1. The van der Waals surface area contributed by atoms with Crippen LogP contribution in [0.3, 0.4) is 0 Å². The molecule has 1 saturated carbocycles. The van der Waals surface area contributed by atoms with Crippen LogP contribution >= 0.6 is 11.6 Å². The molecule has 22 heavy (non-hydrogen) atoms. The third kappa shape index (κ3) is 3.82. The molecule has 3 nitrogen and oxygen atoms in total. The van der Waals surface area contributed by atoms with E-state index in [9.17, 15) is 4.79 Å². The van der Waals surface area contributed by atoms with Gasteiger partial charge in [0.15, 0.2) is 0 Å². The third-order valence-electron chi connectivity index (χ3n) is 5.02. The number of hydrogen-bond acceptors (Lipinski definition) is 2. The van der Waals surface area contributed by atoms with Gasteiger partial charge in [0.25, 0.3) is 0 Å². The Morgan fingerprint density at radius 2 is 1.86 bits per heavy atom. The second-order valence-electron chi connectivity index (χ2n) is 6.49. The maximum atomic E-state index is 12.2. The van der Waals surface area contributed by atoms with E-state index >= 15 is 0 Å². The van der Waals surface area contributed by atoms with E-state index in [0.717, 1.165) is 63.4 Å². The number of piperazine rings is 1.